The minimum atomic E-state index is -1.04. The van der Waals surface area contributed by atoms with Crippen LogP contribution in [0.15, 0.2) is 24.3 Å². The van der Waals surface area contributed by atoms with Crippen LogP contribution >= 0.6 is 0 Å². The Morgan fingerprint density at radius 2 is 1.08 bits per heavy atom. The Kier molecular flexibility index (Phi) is 20.4. The molecule has 0 unspecified atom stereocenters. The van der Waals surface area contributed by atoms with Crippen LogP contribution in [0.3, 0.4) is 0 Å². The van der Waals surface area contributed by atoms with Crippen LogP contribution in [0.2, 0.25) is 0 Å². The molecular formula is C29H48O7. The molecule has 0 radical (unpaired) electrons. The van der Waals surface area contributed by atoms with E-state index in [2.05, 4.69) is 21.7 Å². The van der Waals surface area contributed by atoms with Crippen molar-refractivity contribution in [1.82, 2.24) is 0 Å². The zero-order valence-electron chi connectivity index (χ0n) is 22.6. The molecule has 0 aliphatic rings. The van der Waals surface area contributed by atoms with Crippen molar-refractivity contribution >= 4 is 12.1 Å². The highest BCUT2D eigenvalue weighted by molar-refractivity contribution is 5.89. The molecule has 0 aliphatic carbocycles. The maximum absolute atomic E-state index is 11.9. The highest BCUT2D eigenvalue weighted by Gasteiger charge is 2.12. The highest BCUT2D eigenvalue weighted by Crippen LogP contribution is 2.15. The molecule has 1 aromatic carbocycles. The van der Waals surface area contributed by atoms with Crippen LogP contribution in [-0.4, -0.2) is 25.3 Å². The van der Waals surface area contributed by atoms with Crippen LogP contribution < -0.4 is 4.74 Å². The molecule has 1 rings (SSSR count). The summed E-state index contributed by atoms with van der Waals surface area (Å²) in [6, 6.07) is 6.37. The van der Waals surface area contributed by atoms with E-state index in [9.17, 15) is 9.59 Å². The summed E-state index contributed by atoms with van der Waals surface area (Å²) in [4.78, 5) is 32.1. The second-order valence-corrected chi connectivity index (χ2v) is 9.30. The average molecular weight is 509 g/mol. The van der Waals surface area contributed by atoms with Crippen molar-refractivity contribution in [3.8, 4) is 5.75 Å². The van der Waals surface area contributed by atoms with Crippen LogP contribution in [0.4, 0.5) is 4.79 Å². The lowest BCUT2D eigenvalue weighted by Crippen LogP contribution is -2.12. The van der Waals surface area contributed by atoms with Crippen LogP contribution in [0.1, 0.15) is 133 Å². The van der Waals surface area contributed by atoms with Crippen molar-refractivity contribution in [2.75, 3.05) is 13.2 Å². The fourth-order valence-corrected chi connectivity index (χ4v) is 3.86. The summed E-state index contributed by atoms with van der Waals surface area (Å²) in [5.74, 6) is -0.133. The summed E-state index contributed by atoms with van der Waals surface area (Å²) in [7, 11) is 0. The van der Waals surface area contributed by atoms with Gasteiger partial charge in [-0.25, -0.2) is 14.5 Å². The molecule has 7 nitrogen and oxygen atoms in total. The molecule has 7 heteroatoms. The molecule has 0 N–H and O–H groups in total. The van der Waals surface area contributed by atoms with Gasteiger partial charge in [0.2, 0.25) is 0 Å². The first-order valence-corrected chi connectivity index (χ1v) is 14.1. The van der Waals surface area contributed by atoms with E-state index in [0.717, 1.165) is 25.7 Å². The number of carbonyl (C=O) groups is 2. The van der Waals surface area contributed by atoms with Gasteiger partial charge in [0.15, 0.2) is 0 Å². The van der Waals surface area contributed by atoms with Gasteiger partial charge >= 0.3 is 12.1 Å². The molecule has 1 aromatic rings. The van der Waals surface area contributed by atoms with Crippen molar-refractivity contribution in [1.29, 1.82) is 0 Å². The molecule has 0 aliphatic heterocycles. The molecule has 0 saturated carbocycles. The molecule has 206 valence electrons. The van der Waals surface area contributed by atoms with Crippen molar-refractivity contribution in [2.45, 2.75) is 123 Å². The lowest BCUT2D eigenvalue weighted by atomic mass is 10.0. The molecule has 0 heterocycles. The standard InChI is InChI=1S/C29H48O7/c1-3-5-6-7-8-9-10-11-12-13-14-15-16-17-18-19-25-33-29(31)35-36-34-28(30)26-20-22-27(23-21-26)32-24-4-2/h20-23H,3-19,24-25H2,1-2H3. The molecule has 0 bridgehead atoms. The van der Waals surface area contributed by atoms with Crippen LogP contribution in [0.5, 0.6) is 5.75 Å². The van der Waals surface area contributed by atoms with Gasteiger partial charge in [0, 0.05) is 0 Å². The maximum Gasteiger partial charge on any atom is 0.543 e. The Morgan fingerprint density at radius 1 is 0.583 bits per heavy atom. The van der Waals surface area contributed by atoms with Gasteiger partial charge in [-0.3, -0.25) is 4.89 Å². The van der Waals surface area contributed by atoms with Crippen molar-refractivity contribution in [3.63, 3.8) is 0 Å². The second-order valence-electron chi connectivity index (χ2n) is 9.30. The van der Waals surface area contributed by atoms with Crippen LogP contribution in [0.25, 0.3) is 0 Å². The third-order valence-electron chi connectivity index (χ3n) is 5.99. The Bertz CT molecular complexity index is 660. The first-order valence-electron chi connectivity index (χ1n) is 14.1. The monoisotopic (exact) mass is 508 g/mol. The summed E-state index contributed by atoms with van der Waals surface area (Å²) in [6.07, 6.45) is 20.4. The van der Waals surface area contributed by atoms with Gasteiger partial charge in [-0.05, 0) is 37.1 Å². The summed E-state index contributed by atoms with van der Waals surface area (Å²) >= 11 is 0. The summed E-state index contributed by atoms with van der Waals surface area (Å²) in [6.45, 7) is 5.12. The smallest absolute Gasteiger partial charge is 0.494 e. The SMILES string of the molecule is CCCCCCCCCCCCCCCCCCOC(=O)OOOC(=O)c1ccc(OCCC)cc1. The molecule has 0 amide bonds. The van der Waals surface area contributed by atoms with E-state index in [-0.39, 0.29) is 12.2 Å². The van der Waals surface area contributed by atoms with E-state index in [4.69, 9.17) is 9.47 Å². The number of hydrogen-bond donors (Lipinski definition) is 0. The topological polar surface area (TPSA) is 80.3 Å². The first-order chi connectivity index (χ1) is 17.7. The zero-order chi connectivity index (χ0) is 26.1. The molecule has 0 spiro atoms. The van der Waals surface area contributed by atoms with Crippen LogP contribution in [-0.2, 0) is 19.6 Å². The largest absolute Gasteiger partial charge is 0.543 e. The van der Waals surface area contributed by atoms with E-state index >= 15 is 0 Å². The number of carbonyl (C=O) groups excluding carboxylic acids is 2. The number of ether oxygens (including phenoxy) is 2. The number of hydrogen-bond acceptors (Lipinski definition) is 7. The highest BCUT2D eigenvalue weighted by atomic mass is 17.5. The predicted molar refractivity (Wildman–Crippen MR) is 141 cm³/mol. The molecule has 36 heavy (non-hydrogen) atoms. The lowest BCUT2D eigenvalue weighted by Gasteiger charge is -2.06. The zero-order valence-corrected chi connectivity index (χ0v) is 22.6. The Morgan fingerprint density at radius 3 is 1.58 bits per heavy atom. The average Bonchev–Trinajstić information content (AvgIpc) is 2.89. The second kappa shape index (κ2) is 23.1. The maximum atomic E-state index is 11.9. The number of rotatable bonds is 23. The van der Waals surface area contributed by atoms with Crippen molar-refractivity contribution in [3.05, 3.63) is 29.8 Å². The Hall–Kier alpha value is -2.28. The fourth-order valence-electron chi connectivity index (χ4n) is 3.86. The lowest BCUT2D eigenvalue weighted by molar-refractivity contribution is -0.452. The molecular weight excluding hydrogens is 460 g/mol. The third-order valence-corrected chi connectivity index (χ3v) is 5.99. The summed E-state index contributed by atoms with van der Waals surface area (Å²) < 4.78 is 10.4. The minimum Gasteiger partial charge on any atom is -0.494 e. The molecule has 0 saturated heterocycles. The minimum absolute atomic E-state index is 0.240. The van der Waals surface area contributed by atoms with Gasteiger partial charge < -0.3 is 9.47 Å². The van der Waals surface area contributed by atoms with Gasteiger partial charge in [-0.2, -0.15) is 0 Å². The van der Waals surface area contributed by atoms with E-state index < -0.39 is 12.1 Å². The van der Waals surface area contributed by atoms with Gasteiger partial charge in [-0.1, -0.05) is 110 Å². The fraction of sp³-hybridized carbons (Fsp3) is 0.724. The van der Waals surface area contributed by atoms with E-state index in [1.807, 2.05) is 6.92 Å². The number of unbranched alkanes of at least 4 members (excludes halogenated alkanes) is 15. The van der Waals surface area contributed by atoms with Gasteiger partial charge in [-0.15, -0.1) is 0 Å². The molecule has 0 fully saturated rings. The van der Waals surface area contributed by atoms with Gasteiger partial charge in [0.05, 0.1) is 23.8 Å². The van der Waals surface area contributed by atoms with Crippen LogP contribution in [0, 0.1) is 0 Å². The normalized spacial score (nSPS) is 10.7. The quantitative estimate of drug-likeness (QED) is 0.0631. The first kappa shape index (κ1) is 31.7. The van der Waals surface area contributed by atoms with E-state index in [0.29, 0.717) is 12.4 Å². The Labute approximate surface area is 218 Å². The molecule has 0 atom stereocenters. The molecule has 0 aromatic heterocycles. The van der Waals surface area contributed by atoms with Crippen molar-refractivity contribution < 1.29 is 33.9 Å². The number of benzene rings is 1. The third kappa shape index (κ3) is 18.1. The summed E-state index contributed by atoms with van der Waals surface area (Å²) in [5.41, 5.74) is 0.240. The van der Waals surface area contributed by atoms with Gasteiger partial charge in [0.25, 0.3) is 0 Å². The summed E-state index contributed by atoms with van der Waals surface area (Å²) in [5, 5.41) is 4.24. The van der Waals surface area contributed by atoms with E-state index in [1.165, 1.54) is 95.6 Å². The van der Waals surface area contributed by atoms with Crippen molar-refractivity contribution in [2.24, 2.45) is 0 Å². The van der Waals surface area contributed by atoms with E-state index in [1.54, 1.807) is 12.1 Å². The predicted octanol–water partition coefficient (Wildman–Crippen LogP) is 8.89. The Balaban J connectivity index is 1.87. The van der Waals surface area contributed by atoms with Gasteiger partial charge in [0.1, 0.15) is 5.75 Å².